The number of anilines is 2. The highest BCUT2D eigenvalue weighted by Gasteiger charge is 2.36. The number of methoxy groups -OCH3 is 2. The Morgan fingerprint density at radius 2 is 1.87 bits per heavy atom. The summed E-state index contributed by atoms with van der Waals surface area (Å²) < 4.78 is 9.95. The third-order valence-corrected chi connectivity index (χ3v) is 5.78. The molecule has 1 heterocycles. The van der Waals surface area contributed by atoms with Gasteiger partial charge in [0.2, 0.25) is 11.8 Å². The zero-order valence-corrected chi connectivity index (χ0v) is 17.1. The summed E-state index contributed by atoms with van der Waals surface area (Å²) in [5, 5.41) is 2.78. The summed E-state index contributed by atoms with van der Waals surface area (Å²) in [7, 11) is 2.77. The first-order chi connectivity index (χ1) is 14.5. The van der Waals surface area contributed by atoms with Crippen molar-refractivity contribution in [3.63, 3.8) is 0 Å². The van der Waals surface area contributed by atoms with E-state index in [1.54, 1.807) is 17.0 Å². The molecule has 2 aromatic rings. The van der Waals surface area contributed by atoms with Gasteiger partial charge in [0.25, 0.3) is 0 Å². The molecule has 0 spiro atoms. The topological polar surface area (TPSA) is 84.9 Å². The second-order valence-electron chi connectivity index (χ2n) is 7.60. The molecular formula is C23H24N2O5. The second kappa shape index (κ2) is 8.18. The fourth-order valence-electron chi connectivity index (χ4n) is 4.13. The van der Waals surface area contributed by atoms with Gasteiger partial charge < -0.3 is 19.7 Å². The molecule has 0 radical (unpaired) electrons. The number of ether oxygens (including phenoxy) is 2. The summed E-state index contributed by atoms with van der Waals surface area (Å²) in [5.74, 6) is -0.976. The zero-order chi connectivity index (χ0) is 21.3. The van der Waals surface area contributed by atoms with Gasteiger partial charge in [-0.2, -0.15) is 0 Å². The van der Waals surface area contributed by atoms with Gasteiger partial charge >= 0.3 is 5.97 Å². The van der Waals surface area contributed by atoms with Gasteiger partial charge in [0.05, 0.1) is 31.4 Å². The van der Waals surface area contributed by atoms with E-state index < -0.39 is 11.9 Å². The quantitative estimate of drug-likeness (QED) is 0.769. The third kappa shape index (κ3) is 3.75. The van der Waals surface area contributed by atoms with E-state index in [2.05, 4.69) is 17.4 Å². The van der Waals surface area contributed by atoms with Gasteiger partial charge in [-0.25, -0.2) is 4.79 Å². The highest BCUT2D eigenvalue weighted by molar-refractivity contribution is 6.06. The van der Waals surface area contributed by atoms with Crippen molar-refractivity contribution in [3.05, 3.63) is 53.1 Å². The van der Waals surface area contributed by atoms with E-state index in [4.69, 9.17) is 9.47 Å². The summed E-state index contributed by atoms with van der Waals surface area (Å²) in [4.78, 5) is 39.2. The highest BCUT2D eigenvalue weighted by Crippen LogP contribution is 2.31. The molecule has 1 N–H and O–H groups in total. The van der Waals surface area contributed by atoms with Crippen molar-refractivity contribution in [2.24, 2.45) is 5.92 Å². The Morgan fingerprint density at radius 3 is 2.63 bits per heavy atom. The summed E-state index contributed by atoms with van der Waals surface area (Å²) in [6.45, 7) is 0.313. The maximum absolute atomic E-state index is 12.9. The van der Waals surface area contributed by atoms with Crippen LogP contribution in [0.25, 0.3) is 0 Å². The van der Waals surface area contributed by atoms with E-state index in [0.29, 0.717) is 18.0 Å². The minimum atomic E-state index is -0.577. The Hall–Kier alpha value is -3.35. The van der Waals surface area contributed by atoms with Gasteiger partial charge in [-0.15, -0.1) is 0 Å². The standard InChI is InChI=1S/C23H24N2O5/c1-29-18-8-9-20(19(12-18)23(28)30-2)24-22(27)16-11-21(26)25(13-16)17-7-6-14-4-3-5-15(14)10-17/h6-10,12,16H,3-5,11,13H2,1-2H3,(H,24,27). The van der Waals surface area contributed by atoms with Crippen molar-refractivity contribution in [1.82, 2.24) is 0 Å². The molecule has 7 heteroatoms. The van der Waals surface area contributed by atoms with Crippen LogP contribution in [0.4, 0.5) is 11.4 Å². The number of carbonyl (C=O) groups is 3. The molecule has 2 amide bonds. The molecule has 0 bridgehead atoms. The number of hydrogen-bond acceptors (Lipinski definition) is 5. The van der Waals surface area contributed by atoms with Crippen molar-refractivity contribution in [1.29, 1.82) is 0 Å². The number of nitrogens with zero attached hydrogens (tertiary/aromatic N) is 1. The number of hydrogen-bond donors (Lipinski definition) is 1. The normalized spacial score (nSPS) is 17.6. The number of aryl methyl sites for hydroxylation is 2. The molecule has 0 aromatic heterocycles. The molecule has 1 fully saturated rings. The van der Waals surface area contributed by atoms with Crippen LogP contribution < -0.4 is 15.0 Å². The molecule has 4 rings (SSSR count). The zero-order valence-electron chi connectivity index (χ0n) is 17.1. The lowest BCUT2D eigenvalue weighted by Gasteiger charge is -2.18. The third-order valence-electron chi connectivity index (χ3n) is 5.78. The Labute approximate surface area is 175 Å². The number of fused-ring (bicyclic) bond motifs is 1. The maximum atomic E-state index is 12.9. The molecule has 1 aliphatic heterocycles. The average molecular weight is 408 g/mol. The fourth-order valence-corrected chi connectivity index (χ4v) is 4.13. The van der Waals surface area contributed by atoms with Crippen molar-refractivity contribution in [2.45, 2.75) is 25.7 Å². The first kappa shape index (κ1) is 19.9. The molecule has 7 nitrogen and oxygen atoms in total. The predicted molar refractivity (Wildman–Crippen MR) is 112 cm³/mol. The SMILES string of the molecule is COC(=O)c1cc(OC)ccc1NC(=O)C1CC(=O)N(c2ccc3c(c2)CCC3)C1. The minimum Gasteiger partial charge on any atom is -0.497 e. The lowest BCUT2D eigenvalue weighted by molar-refractivity contribution is -0.122. The predicted octanol–water partition coefficient (Wildman–Crippen LogP) is 2.96. The van der Waals surface area contributed by atoms with Crippen LogP contribution in [0, 0.1) is 5.92 Å². The van der Waals surface area contributed by atoms with Crippen LogP contribution in [0.1, 0.15) is 34.3 Å². The van der Waals surface area contributed by atoms with Crippen molar-refractivity contribution in [3.8, 4) is 5.75 Å². The van der Waals surface area contributed by atoms with Crippen LogP contribution in [0.2, 0.25) is 0 Å². The first-order valence-electron chi connectivity index (χ1n) is 9.99. The molecular weight excluding hydrogens is 384 g/mol. The van der Waals surface area contributed by atoms with E-state index in [0.717, 1.165) is 24.9 Å². The molecule has 1 atom stereocenters. The second-order valence-corrected chi connectivity index (χ2v) is 7.60. The van der Waals surface area contributed by atoms with Gasteiger partial charge in [0.15, 0.2) is 0 Å². The van der Waals surface area contributed by atoms with Crippen molar-refractivity contribution >= 4 is 29.2 Å². The van der Waals surface area contributed by atoms with Gasteiger partial charge in [-0.05, 0) is 60.7 Å². The molecule has 2 aliphatic rings. The van der Waals surface area contributed by atoms with Gasteiger partial charge in [0, 0.05) is 18.7 Å². The largest absolute Gasteiger partial charge is 0.497 e. The van der Waals surface area contributed by atoms with Crippen LogP contribution in [0.15, 0.2) is 36.4 Å². The van der Waals surface area contributed by atoms with E-state index in [1.807, 2.05) is 6.07 Å². The molecule has 2 aromatic carbocycles. The molecule has 1 unspecified atom stereocenters. The van der Waals surface area contributed by atoms with Gasteiger partial charge in [-0.3, -0.25) is 9.59 Å². The molecule has 1 saturated heterocycles. The summed E-state index contributed by atoms with van der Waals surface area (Å²) in [6, 6.07) is 10.9. The van der Waals surface area contributed by atoms with Crippen LogP contribution in [-0.4, -0.2) is 38.5 Å². The lowest BCUT2D eigenvalue weighted by atomic mass is 10.1. The van der Waals surface area contributed by atoms with Crippen molar-refractivity contribution < 1.29 is 23.9 Å². The monoisotopic (exact) mass is 408 g/mol. The minimum absolute atomic E-state index is 0.0731. The highest BCUT2D eigenvalue weighted by atomic mass is 16.5. The number of carbonyl (C=O) groups excluding carboxylic acids is 3. The summed E-state index contributed by atoms with van der Waals surface area (Å²) >= 11 is 0. The Morgan fingerprint density at radius 1 is 1.07 bits per heavy atom. The molecule has 0 saturated carbocycles. The Bertz CT molecular complexity index is 1020. The number of esters is 1. The molecule has 156 valence electrons. The fraction of sp³-hybridized carbons (Fsp3) is 0.348. The summed E-state index contributed by atoms with van der Waals surface area (Å²) in [5.41, 5.74) is 4.00. The number of rotatable bonds is 5. The summed E-state index contributed by atoms with van der Waals surface area (Å²) in [6.07, 6.45) is 3.39. The maximum Gasteiger partial charge on any atom is 0.340 e. The number of benzene rings is 2. The average Bonchev–Trinajstić information content (AvgIpc) is 3.39. The first-order valence-corrected chi connectivity index (χ1v) is 9.99. The molecule has 30 heavy (non-hydrogen) atoms. The van der Waals surface area contributed by atoms with Crippen molar-refractivity contribution in [2.75, 3.05) is 31.0 Å². The number of amides is 2. The van der Waals surface area contributed by atoms with Crippen LogP contribution in [0.3, 0.4) is 0 Å². The van der Waals surface area contributed by atoms with Crippen LogP contribution >= 0.6 is 0 Å². The molecule has 1 aliphatic carbocycles. The van der Waals surface area contributed by atoms with Gasteiger partial charge in [0.1, 0.15) is 5.75 Å². The van der Waals surface area contributed by atoms with E-state index >= 15 is 0 Å². The van der Waals surface area contributed by atoms with Crippen LogP contribution in [0.5, 0.6) is 5.75 Å². The lowest BCUT2D eigenvalue weighted by Crippen LogP contribution is -2.28. The van der Waals surface area contributed by atoms with Crippen LogP contribution in [-0.2, 0) is 27.2 Å². The van der Waals surface area contributed by atoms with E-state index in [1.165, 1.54) is 31.4 Å². The van der Waals surface area contributed by atoms with E-state index in [-0.39, 0.29) is 23.8 Å². The number of nitrogens with one attached hydrogen (secondary N) is 1. The Kier molecular flexibility index (Phi) is 5.44. The van der Waals surface area contributed by atoms with Gasteiger partial charge in [-0.1, -0.05) is 6.07 Å². The Balaban J connectivity index is 1.50. The smallest absolute Gasteiger partial charge is 0.340 e. The van der Waals surface area contributed by atoms with E-state index in [9.17, 15) is 14.4 Å².